The Morgan fingerprint density at radius 1 is 1.00 bits per heavy atom. The summed E-state index contributed by atoms with van der Waals surface area (Å²) in [7, 11) is 0. The first-order valence-corrected chi connectivity index (χ1v) is 12.2. The number of hydrogen-bond donors (Lipinski definition) is 2. The number of aromatic nitrogens is 1. The highest BCUT2D eigenvalue weighted by Crippen LogP contribution is 2.42. The van der Waals surface area contributed by atoms with Crippen molar-refractivity contribution in [1.29, 1.82) is 0 Å². The van der Waals surface area contributed by atoms with Gasteiger partial charge in [-0.05, 0) is 31.0 Å². The number of para-hydroxylation sites is 1. The average molecular weight is 446 g/mol. The van der Waals surface area contributed by atoms with E-state index in [2.05, 4.69) is 43.1 Å². The zero-order valence-corrected chi connectivity index (χ0v) is 19.5. The lowest BCUT2D eigenvalue weighted by atomic mass is 9.86. The van der Waals surface area contributed by atoms with Crippen LogP contribution in [0.25, 0.3) is 10.9 Å². The summed E-state index contributed by atoms with van der Waals surface area (Å²) in [6, 6.07) is 17.6. The molecule has 0 spiro atoms. The highest BCUT2D eigenvalue weighted by atomic mass is 16.2. The summed E-state index contributed by atoms with van der Waals surface area (Å²) in [6.07, 6.45) is 1.48. The minimum Gasteiger partial charge on any atom is -0.356 e. The van der Waals surface area contributed by atoms with E-state index in [0.717, 1.165) is 53.8 Å². The molecule has 0 bridgehead atoms. The molecule has 3 heterocycles. The van der Waals surface area contributed by atoms with Gasteiger partial charge in [-0.15, -0.1) is 0 Å². The Bertz CT molecular complexity index is 1150. The molecule has 2 amide bonds. The molecule has 2 aromatic carbocycles. The lowest BCUT2D eigenvalue weighted by Gasteiger charge is -2.47. The van der Waals surface area contributed by atoms with Crippen LogP contribution < -0.4 is 4.90 Å². The molecule has 6 heteroatoms. The standard InChI is InChI=1S/C27H32N4O2/c1-3-29(4-2)15-10-16-30-18-24(32)31-23(27(30)33)17-21-20-13-8-9-14-22(20)28-25(21)26(31)19-11-6-5-7-12-19/h5-9,11-14,23,26,28H,3-4,10,15-18H2,1-2H3/p+1/t23-,26+/m0/s1. The topological polar surface area (TPSA) is 60.9 Å². The second-order valence-corrected chi connectivity index (χ2v) is 9.22. The van der Waals surface area contributed by atoms with Gasteiger partial charge in [0.2, 0.25) is 11.8 Å². The van der Waals surface area contributed by atoms with Crippen LogP contribution in [0, 0.1) is 0 Å². The van der Waals surface area contributed by atoms with Gasteiger partial charge in [-0.1, -0.05) is 48.5 Å². The zero-order chi connectivity index (χ0) is 22.9. The second-order valence-electron chi connectivity index (χ2n) is 9.22. The van der Waals surface area contributed by atoms with Gasteiger partial charge in [-0.2, -0.15) is 0 Å². The molecule has 2 atom stereocenters. The zero-order valence-electron chi connectivity index (χ0n) is 19.5. The van der Waals surface area contributed by atoms with Crippen molar-refractivity contribution in [3.63, 3.8) is 0 Å². The van der Waals surface area contributed by atoms with Crippen molar-refractivity contribution in [1.82, 2.24) is 14.8 Å². The Hall–Kier alpha value is -3.12. The molecule has 0 saturated carbocycles. The number of nitrogens with one attached hydrogen (secondary N) is 2. The van der Waals surface area contributed by atoms with Crippen molar-refractivity contribution in [2.45, 2.75) is 38.8 Å². The molecule has 1 fully saturated rings. The van der Waals surface area contributed by atoms with Crippen molar-refractivity contribution in [2.24, 2.45) is 0 Å². The number of H-pyrrole nitrogens is 1. The predicted octanol–water partition coefficient (Wildman–Crippen LogP) is 2.17. The van der Waals surface area contributed by atoms with Gasteiger partial charge in [0.1, 0.15) is 6.04 Å². The number of piperazine rings is 1. The van der Waals surface area contributed by atoms with Gasteiger partial charge in [-0.3, -0.25) is 9.59 Å². The van der Waals surface area contributed by atoms with Crippen LogP contribution in [0.1, 0.15) is 43.1 Å². The molecule has 3 aromatic rings. The minimum atomic E-state index is -0.455. The van der Waals surface area contributed by atoms with Crippen LogP contribution in [0.4, 0.5) is 0 Å². The summed E-state index contributed by atoms with van der Waals surface area (Å²) in [4.78, 5) is 36.0. The lowest BCUT2D eigenvalue weighted by Crippen LogP contribution is -3.11. The quantitative estimate of drug-likeness (QED) is 0.586. The molecule has 1 saturated heterocycles. The third-order valence-electron chi connectivity index (χ3n) is 7.42. The van der Waals surface area contributed by atoms with E-state index >= 15 is 0 Å². The Morgan fingerprint density at radius 2 is 1.73 bits per heavy atom. The van der Waals surface area contributed by atoms with E-state index in [1.54, 1.807) is 4.90 Å². The smallest absolute Gasteiger partial charge is 0.246 e. The maximum Gasteiger partial charge on any atom is 0.246 e. The Labute approximate surface area is 195 Å². The van der Waals surface area contributed by atoms with Crippen LogP contribution in [-0.2, 0) is 16.0 Å². The van der Waals surface area contributed by atoms with Gasteiger partial charge >= 0.3 is 0 Å². The maximum absolute atomic E-state index is 13.7. The number of quaternary nitrogens is 1. The number of amides is 2. The molecule has 0 radical (unpaired) electrons. The SMILES string of the molecule is CC[NH+](CC)CCCN1CC(=O)N2[C@H](c3ccccc3)c3[nH]c4ccccc4c3C[C@H]2C1=O. The summed E-state index contributed by atoms with van der Waals surface area (Å²) >= 11 is 0. The number of nitrogens with zero attached hydrogens (tertiary/aromatic N) is 2. The Kier molecular flexibility index (Phi) is 5.94. The van der Waals surface area contributed by atoms with E-state index in [1.807, 2.05) is 35.2 Å². The molecule has 5 rings (SSSR count). The van der Waals surface area contributed by atoms with Gasteiger partial charge < -0.3 is 19.7 Å². The first-order valence-electron chi connectivity index (χ1n) is 12.2. The fourth-order valence-corrected chi connectivity index (χ4v) is 5.62. The molecule has 0 unspecified atom stereocenters. The van der Waals surface area contributed by atoms with Gasteiger partial charge in [-0.25, -0.2) is 0 Å². The van der Waals surface area contributed by atoms with E-state index in [9.17, 15) is 9.59 Å². The summed E-state index contributed by atoms with van der Waals surface area (Å²) < 4.78 is 0. The van der Waals surface area contributed by atoms with E-state index in [-0.39, 0.29) is 24.4 Å². The number of hydrogen-bond acceptors (Lipinski definition) is 2. The first-order chi connectivity index (χ1) is 16.1. The number of fused-ring (bicyclic) bond motifs is 4. The summed E-state index contributed by atoms with van der Waals surface area (Å²) in [5.41, 5.74) is 4.30. The number of aromatic amines is 1. The van der Waals surface area contributed by atoms with Gasteiger partial charge in [0.25, 0.3) is 0 Å². The molecule has 2 N–H and O–H groups in total. The lowest BCUT2D eigenvalue weighted by molar-refractivity contribution is -0.896. The molecule has 2 aliphatic heterocycles. The van der Waals surface area contributed by atoms with Crippen LogP contribution in [0.5, 0.6) is 0 Å². The first kappa shape index (κ1) is 21.7. The molecule has 2 aliphatic rings. The average Bonchev–Trinajstić information content (AvgIpc) is 3.22. The van der Waals surface area contributed by atoms with Crippen LogP contribution >= 0.6 is 0 Å². The van der Waals surface area contributed by atoms with Crippen LogP contribution in [0.3, 0.4) is 0 Å². The fraction of sp³-hybridized carbons (Fsp3) is 0.407. The normalized spacial score (nSPS) is 20.5. The number of carbonyl (C=O) groups excluding carboxylic acids is 2. The molecule has 172 valence electrons. The monoisotopic (exact) mass is 445 g/mol. The third-order valence-corrected chi connectivity index (χ3v) is 7.42. The van der Waals surface area contributed by atoms with Crippen molar-refractivity contribution in [3.8, 4) is 0 Å². The molecule has 6 nitrogen and oxygen atoms in total. The van der Waals surface area contributed by atoms with Crippen molar-refractivity contribution < 1.29 is 14.5 Å². The number of rotatable bonds is 7. The van der Waals surface area contributed by atoms with Crippen molar-refractivity contribution >= 4 is 22.7 Å². The van der Waals surface area contributed by atoms with Crippen LogP contribution in [0.15, 0.2) is 54.6 Å². The fourth-order valence-electron chi connectivity index (χ4n) is 5.62. The molecule has 0 aliphatic carbocycles. The van der Waals surface area contributed by atoms with E-state index in [0.29, 0.717) is 13.0 Å². The summed E-state index contributed by atoms with van der Waals surface area (Å²) in [5, 5.41) is 1.15. The predicted molar refractivity (Wildman–Crippen MR) is 129 cm³/mol. The Morgan fingerprint density at radius 3 is 2.48 bits per heavy atom. The van der Waals surface area contributed by atoms with Gasteiger partial charge in [0.15, 0.2) is 0 Å². The van der Waals surface area contributed by atoms with Crippen LogP contribution in [-0.4, -0.2) is 65.4 Å². The second kappa shape index (κ2) is 9.02. The van der Waals surface area contributed by atoms with E-state index in [1.165, 1.54) is 4.90 Å². The summed E-state index contributed by atoms with van der Waals surface area (Å²) in [5.74, 6) is 0.119. The molecule has 1 aromatic heterocycles. The largest absolute Gasteiger partial charge is 0.356 e. The number of benzene rings is 2. The van der Waals surface area contributed by atoms with Gasteiger partial charge in [0, 0.05) is 36.0 Å². The third kappa shape index (κ3) is 3.82. The van der Waals surface area contributed by atoms with Crippen molar-refractivity contribution in [2.75, 3.05) is 32.7 Å². The van der Waals surface area contributed by atoms with Crippen LogP contribution in [0.2, 0.25) is 0 Å². The minimum absolute atomic E-state index is 0.0351. The highest BCUT2D eigenvalue weighted by Gasteiger charge is 2.48. The summed E-state index contributed by atoms with van der Waals surface area (Å²) in [6.45, 7) is 8.40. The van der Waals surface area contributed by atoms with Crippen molar-refractivity contribution in [3.05, 3.63) is 71.4 Å². The molecular formula is C27H33N4O2+. The maximum atomic E-state index is 13.7. The number of carbonyl (C=O) groups is 2. The molecular weight excluding hydrogens is 412 g/mol. The van der Waals surface area contributed by atoms with Gasteiger partial charge in [0.05, 0.1) is 32.2 Å². The van der Waals surface area contributed by atoms with E-state index in [4.69, 9.17) is 0 Å². The highest BCUT2D eigenvalue weighted by molar-refractivity contribution is 5.97. The Balaban J connectivity index is 1.50. The molecule has 33 heavy (non-hydrogen) atoms. The van der Waals surface area contributed by atoms with E-state index < -0.39 is 6.04 Å².